The predicted molar refractivity (Wildman–Crippen MR) is 75.9 cm³/mol. The van der Waals surface area contributed by atoms with Crippen molar-refractivity contribution < 1.29 is 14.6 Å². The van der Waals surface area contributed by atoms with E-state index in [0.717, 1.165) is 24.0 Å². The number of benzene rings is 1. The Morgan fingerprint density at radius 2 is 1.89 bits per heavy atom. The standard InChI is InChI=1S/C16H24O3/c1-3-4-5-6-11-19-16(18)13(2)15-9-7-14(12-17)8-10-15/h7-10,13,17H,3-6,11-12H2,1-2H3/t13-/m1/s1. The number of esters is 1. The van der Waals surface area contributed by atoms with Gasteiger partial charge in [0.2, 0.25) is 0 Å². The van der Waals surface area contributed by atoms with Crippen LogP contribution in [0.15, 0.2) is 24.3 Å². The Hall–Kier alpha value is -1.35. The Morgan fingerprint density at radius 3 is 2.47 bits per heavy atom. The van der Waals surface area contributed by atoms with Gasteiger partial charge < -0.3 is 9.84 Å². The van der Waals surface area contributed by atoms with E-state index in [1.54, 1.807) is 0 Å². The molecule has 1 rings (SSSR count). The Kier molecular flexibility index (Phi) is 7.19. The first-order chi connectivity index (χ1) is 9.19. The molecule has 0 unspecified atom stereocenters. The van der Waals surface area contributed by atoms with Gasteiger partial charge in [-0.25, -0.2) is 0 Å². The van der Waals surface area contributed by atoms with E-state index in [9.17, 15) is 4.79 Å². The van der Waals surface area contributed by atoms with Crippen LogP contribution in [0.1, 0.15) is 56.6 Å². The highest BCUT2D eigenvalue weighted by Crippen LogP contribution is 2.17. The fourth-order valence-corrected chi connectivity index (χ4v) is 1.87. The second kappa shape index (κ2) is 8.70. The molecule has 0 saturated carbocycles. The summed E-state index contributed by atoms with van der Waals surface area (Å²) in [5.74, 6) is -0.424. The van der Waals surface area contributed by atoms with Crippen LogP contribution in [-0.4, -0.2) is 17.7 Å². The van der Waals surface area contributed by atoms with Crippen LogP contribution in [0.2, 0.25) is 0 Å². The molecule has 0 aromatic heterocycles. The summed E-state index contributed by atoms with van der Waals surface area (Å²) in [6.07, 6.45) is 4.43. The lowest BCUT2D eigenvalue weighted by Gasteiger charge is -2.12. The predicted octanol–water partition coefficient (Wildman–Crippen LogP) is 3.41. The zero-order valence-electron chi connectivity index (χ0n) is 11.9. The quantitative estimate of drug-likeness (QED) is 0.578. The molecule has 3 nitrogen and oxygen atoms in total. The van der Waals surface area contributed by atoms with E-state index in [-0.39, 0.29) is 18.5 Å². The molecule has 0 aliphatic carbocycles. The minimum Gasteiger partial charge on any atom is -0.465 e. The molecule has 0 spiro atoms. The number of aliphatic hydroxyl groups excluding tert-OH is 1. The largest absolute Gasteiger partial charge is 0.465 e. The maximum absolute atomic E-state index is 11.9. The van der Waals surface area contributed by atoms with Gasteiger partial charge in [-0.3, -0.25) is 4.79 Å². The summed E-state index contributed by atoms with van der Waals surface area (Å²) >= 11 is 0. The minimum absolute atomic E-state index is 0.0243. The zero-order valence-corrected chi connectivity index (χ0v) is 11.9. The van der Waals surface area contributed by atoms with E-state index < -0.39 is 0 Å². The molecule has 0 radical (unpaired) electrons. The summed E-state index contributed by atoms with van der Waals surface area (Å²) in [5, 5.41) is 8.97. The van der Waals surface area contributed by atoms with E-state index in [1.165, 1.54) is 12.8 Å². The van der Waals surface area contributed by atoms with Crippen molar-refractivity contribution >= 4 is 5.97 Å². The lowest BCUT2D eigenvalue weighted by Crippen LogP contribution is -2.14. The van der Waals surface area contributed by atoms with Gasteiger partial charge in [-0.2, -0.15) is 0 Å². The van der Waals surface area contributed by atoms with Crippen molar-refractivity contribution in [1.82, 2.24) is 0 Å². The number of carbonyl (C=O) groups excluding carboxylic acids is 1. The summed E-state index contributed by atoms with van der Waals surface area (Å²) in [6.45, 7) is 4.54. The average Bonchev–Trinajstić information content (AvgIpc) is 2.46. The molecule has 0 bridgehead atoms. The highest BCUT2D eigenvalue weighted by atomic mass is 16.5. The van der Waals surface area contributed by atoms with Crippen LogP contribution in [0, 0.1) is 0 Å². The molecule has 0 saturated heterocycles. The fraction of sp³-hybridized carbons (Fsp3) is 0.562. The van der Waals surface area contributed by atoms with Crippen molar-refractivity contribution in [2.24, 2.45) is 0 Å². The lowest BCUT2D eigenvalue weighted by atomic mass is 10.0. The summed E-state index contributed by atoms with van der Waals surface area (Å²) in [4.78, 5) is 11.9. The molecule has 0 aliphatic heterocycles. The summed E-state index contributed by atoms with van der Waals surface area (Å²) in [6, 6.07) is 7.41. The average molecular weight is 264 g/mol. The van der Waals surface area contributed by atoms with Gasteiger partial charge in [0, 0.05) is 0 Å². The molecule has 0 heterocycles. The van der Waals surface area contributed by atoms with Crippen molar-refractivity contribution in [1.29, 1.82) is 0 Å². The molecular formula is C16H24O3. The molecule has 1 N–H and O–H groups in total. The first kappa shape index (κ1) is 15.7. The van der Waals surface area contributed by atoms with Crippen LogP contribution < -0.4 is 0 Å². The highest BCUT2D eigenvalue weighted by molar-refractivity contribution is 5.77. The maximum Gasteiger partial charge on any atom is 0.313 e. The van der Waals surface area contributed by atoms with Gasteiger partial charge in [0.1, 0.15) is 0 Å². The topological polar surface area (TPSA) is 46.5 Å². The van der Waals surface area contributed by atoms with E-state index >= 15 is 0 Å². The Balaban J connectivity index is 2.38. The molecule has 0 fully saturated rings. The van der Waals surface area contributed by atoms with Gasteiger partial charge in [-0.1, -0.05) is 50.5 Å². The van der Waals surface area contributed by atoms with Gasteiger partial charge in [-0.15, -0.1) is 0 Å². The van der Waals surface area contributed by atoms with Gasteiger partial charge >= 0.3 is 5.97 Å². The van der Waals surface area contributed by atoms with Crippen molar-refractivity contribution in [3.05, 3.63) is 35.4 Å². The molecule has 19 heavy (non-hydrogen) atoms. The van der Waals surface area contributed by atoms with Gasteiger partial charge in [-0.05, 0) is 24.5 Å². The van der Waals surface area contributed by atoms with Crippen LogP contribution in [-0.2, 0) is 16.1 Å². The molecule has 3 heteroatoms. The van der Waals surface area contributed by atoms with Crippen LogP contribution in [0.4, 0.5) is 0 Å². The number of carbonyl (C=O) groups is 1. The van der Waals surface area contributed by atoms with Gasteiger partial charge in [0.25, 0.3) is 0 Å². The molecule has 0 aliphatic rings. The normalized spacial score (nSPS) is 12.2. The number of hydrogen-bond acceptors (Lipinski definition) is 3. The van der Waals surface area contributed by atoms with Crippen molar-refractivity contribution in [3.63, 3.8) is 0 Å². The summed E-state index contributed by atoms with van der Waals surface area (Å²) in [7, 11) is 0. The lowest BCUT2D eigenvalue weighted by molar-refractivity contribution is -0.145. The first-order valence-electron chi connectivity index (χ1n) is 7.05. The van der Waals surface area contributed by atoms with E-state index in [4.69, 9.17) is 9.84 Å². The second-order valence-electron chi connectivity index (χ2n) is 4.85. The monoisotopic (exact) mass is 264 g/mol. The molecule has 1 atom stereocenters. The number of rotatable bonds is 8. The Morgan fingerprint density at radius 1 is 1.21 bits per heavy atom. The van der Waals surface area contributed by atoms with Crippen molar-refractivity contribution in [3.8, 4) is 0 Å². The maximum atomic E-state index is 11.9. The SMILES string of the molecule is CCCCCCOC(=O)[C@H](C)c1ccc(CO)cc1. The molecule has 1 aromatic carbocycles. The smallest absolute Gasteiger partial charge is 0.313 e. The zero-order chi connectivity index (χ0) is 14.1. The Labute approximate surface area is 115 Å². The molecule has 106 valence electrons. The summed E-state index contributed by atoms with van der Waals surface area (Å²) < 4.78 is 5.27. The number of ether oxygens (including phenoxy) is 1. The number of hydrogen-bond donors (Lipinski definition) is 1. The number of unbranched alkanes of at least 4 members (excludes halogenated alkanes) is 3. The second-order valence-corrected chi connectivity index (χ2v) is 4.85. The van der Waals surface area contributed by atoms with Crippen molar-refractivity contribution in [2.75, 3.05) is 6.61 Å². The number of aliphatic hydroxyl groups is 1. The third-order valence-electron chi connectivity index (χ3n) is 3.26. The van der Waals surface area contributed by atoms with Crippen LogP contribution in [0.25, 0.3) is 0 Å². The first-order valence-corrected chi connectivity index (χ1v) is 7.05. The summed E-state index contributed by atoms with van der Waals surface area (Å²) in [5.41, 5.74) is 1.78. The molecule has 1 aromatic rings. The minimum atomic E-state index is -0.251. The van der Waals surface area contributed by atoms with Crippen molar-refractivity contribution in [2.45, 2.75) is 52.1 Å². The van der Waals surface area contributed by atoms with Gasteiger partial charge in [0.15, 0.2) is 0 Å². The molecular weight excluding hydrogens is 240 g/mol. The molecule has 0 amide bonds. The van der Waals surface area contributed by atoms with E-state index in [2.05, 4.69) is 6.92 Å². The van der Waals surface area contributed by atoms with E-state index in [0.29, 0.717) is 6.61 Å². The Bertz CT molecular complexity index is 370. The van der Waals surface area contributed by atoms with Gasteiger partial charge in [0.05, 0.1) is 19.1 Å². The van der Waals surface area contributed by atoms with Crippen LogP contribution >= 0.6 is 0 Å². The third-order valence-corrected chi connectivity index (χ3v) is 3.26. The van der Waals surface area contributed by atoms with E-state index in [1.807, 2.05) is 31.2 Å². The van der Waals surface area contributed by atoms with Crippen LogP contribution in [0.3, 0.4) is 0 Å². The third kappa shape index (κ3) is 5.43. The fourth-order valence-electron chi connectivity index (χ4n) is 1.87. The highest BCUT2D eigenvalue weighted by Gasteiger charge is 2.16. The van der Waals surface area contributed by atoms with Crippen LogP contribution in [0.5, 0.6) is 0 Å².